The highest BCUT2D eigenvalue weighted by molar-refractivity contribution is 6.19. The Bertz CT molecular complexity index is 5000. The Morgan fingerprint density at radius 1 is 0.550 bits per heavy atom. The molecular formula is C71H79ClF4N6O18. The molecule has 0 saturated heterocycles. The van der Waals surface area contributed by atoms with Crippen LogP contribution >= 0.6 is 11.6 Å². The summed E-state index contributed by atoms with van der Waals surface area (Å²) >= 11 is 5.16. The van der Waals surface area contributed by atoms with E-state index in [1.54, 1.807) is 83.1 Å². The smallest absolute Gasteiger partial charge is 0.358 e. The minimum absolute atomic E-state index is 0. The number of nitrogens with one attached hydrogen (secondary N) is 2. The van der Waals surface area contributed by atoms with Gasteiger partial charge in [-0.25, -0.2) is 27.2 Å². The number of carboxylic acids is 1. The lowest BCUT2D eigenvalue weighted by atomic mass is 9.97. The molecular weight excluding hydrogens is 1340 g/mol. The first-order chi connectivity index (χ1) is 45.3. The maximum atomic E-state index is 15.9. The van der Waals surface area contributed by atoms with Gasteiger partial charge in [-0.1, -0.05) is 33.9 Å². The summed E-state index contributed by atoms with van der Waals surface area (Å²) < 4.78 is 102. The Hall–Kier alpha value is -10.8. The van der Waals surface area contributed by atoms with E-state index in [-0.39, 0.29) is 117 Å². The monoisotopic (exact) mass is 1410 g/mol. The van der Waals surface area contributed by atoms with E-state index in [1.807, 2.05) is 0 Å². The number of nitrogens with zero attached hydrogens (tertiary/aromatic N) is 4. The molecule has 0 aliphatic heterocycles. The van der Waals surface area contributed by atoms with Crippen molar-refractivity contribution in [2.45, 2.75) is 132 Å². The van der Waals surface area contributed by atoms with Crippen molar-refractivity contribution < 1.29 is 84.0 Å². The van der Waals surface area contributed by atoms with Gasteiger partial charge in [0, 0.05) is 59.2 Å². The van der Waals surface area contributed by atoms with E-state index in [0.29, 0.717) is 0 Å². The summed E-state index contributed by atoms with van der Waals surface area (Å²) in [5, 5.41) is 10.4. The summed E-state index contributed by atoms with van der Waals surface area (Å²) in [6.07, 6.45) is 6.89. The number of fused-ring (bicyclic) bond motifs is 6. The second kappa shape index (κ2) is 31.4. The molecule has 0 fully saturated rings. The Labute approximate surface area is 574 Å². The number of carbonyl (C=O) groups is 6. The molecule has 0 atom stereocenters. The molecule has 24 nitrogen and oxygen atoms in total. The molecule has 10 aromatic rings. The molecule has 0 saturated carbocycles. The number of carbonyl (C=O) groups excluding carboxylic acids is 5. The zero-order valence-corrected chi connectivity index (χ0v) is 55.3. The quantitative estimate of drug-likeness (QED) is 0.0282. The van der Waals surface area contributed by atoms with Gasteiger partial charge < -0.3 is 56.7 Å². The van der Waals surface area contributed by atoms with Crippen molar-refractivity contribution in [2.75, 3.05) is 12.9 Å². The minimum atomic E-state index is -1.43. The van der Waals surface area contributed by atoms with Gasteiger partial charge in [0.2, 0.25) is 12.4 Å². The standard InChI is InChI=1S/C40H43F2N3O11.C22H13F2N3O5.C6H11ClO2.3CH4/c1-38(2,3)35(49)53-19-43-13-10-11-24(33(43)47)29-30-27(16-25(41)23-12-14-52-32(23)30)45(31(29)34(48)55-21-56-37(51)40(7,8)9)17-22-15-28(46)44(18-26(22)42)20-54-36(50)39(4,5)6;23-13-7-15-18(20-11(13)3-5-32-20)17(12-2-1-4-25-21(12)29)19(22(30)31)27(15)9-10-6-16(28)26-8-14(10)24;1-6(2,3)5(8)9-4-7;;;/h10-16,18H,17,19-21H2,1-9H3;1-8H,9H2,(H,25,29)(H,26,28)(H,30,31);4H2,1-3H3;3*1H4. The average Bonchev–Trinajstić information content (AvgIpc) is 1.57. The topological polar surface area (TPSA) is 315 Å². The SMILES string of the molecule is C.C.C.CC(C)(C)C(=O)OCCl.CC(C)(C)C(=O)OCOC(=O)c1c(-c2cccn(COC(=O)C(C)(C)C)c2=O)c2c3occc3c(F)cc2n1Cc1cc(=O)n(COC(=O)C(C)(C)C)cc1F.O=C(O)c1c(-c2ccc[nH]c2=O)c2c3occc3c(F)cc2n1Cc1cc(=O)[nH]cc1F. The number of hydrogen-bond donors (Lipinski definition) is 3. The molecule has 0 unspecified atom stereocenters. The number of esters is 5. The number of rotatable bonds is 15. The van der Waals surface area contributed by atoms with Crippen molar-refractivity contribution in [3.05, 3.63) is 185 Å². The highest BCUT2D eigenvalue weighted by Gasteiger charge is 2.34. The Kier molecular flexibility index (Phi) is 25.1. The molecule has 2 aromatic carbocycles. The molecule has 0 bridgehead atoms. The summed E-state index contributed by atoms with van der Waals surface area (Å²) in [6.45, 7) is 16.9. The number of hydrogen-bond acceptors (Lipinski definition) is 17. The number of H-pyrrole nitrogens is 2. The lowest BCUT2D eigenvalue weighted by Gasteiger charge is -2.18. The first-order valence-corrected chi connectivity index (χ1v) is 30.1. The molecule has 0 aliphatic rings. The fourth-order valence-electron chi connectivity index (χ4n) is 9.69. The molecule has 8 heterocycles. The van der Waals surface area contributed by atoms with Gasteiger partial charge >= 0.3 is 35.8 Å². The fraction of sp³-hybridized carbons (Fsp3) is 0.352. The van der Waals surface area contributed by atoms with Crippen molar-refractivity contribution in [1.29, 1.82) is 0 Å². The second-order valence-corrected chi connectivity index (χ2v) is 26.4. The summed E-state index contributed by atoms with van der Waals surface area (Å²) in [5.41, 5.74) is -7.30. The predicted octanol–water partition coefficient (Wildman–Crippen LogP) is 13.6. The van der Waals surface area contributed by atoms with Crippen LogP contribution in [0.25, 0.3) is 66.0 Å². The third-order valence-electron chi connectivity index (χ3n) is 14.7. The van der Waals surface area contributed by atoms with Crippen LogP contribution in [0.1, 0.15) is 137 Å². The number of aromatic amines is 2. The Morgan fingerprint density at radius 2 is 1.02 bits per heavy atom. The Morgan fingerprint density at radius 3 is 1.51 bits per heavy atom. The largest absolute Gasteiger partial charge is 0.477 e. The van der Waals surface area contributed by atoms with Crippen LogP contribution < -0.4 is 22.2 Å². The van der Waals surface area contributed by atoms with Gasteiger partial charge in [0.25, 0.3) is 16.7 Å². The van der Waals surface area contributed by atoms with E-state index in [2.05, 4.69) is 14.7 Å². The maximum Gasteiger partial charge on any atom is 0.358 e. The van der Waals surface area contributed by atoms with Gasteiger partial charge in [-0.3, -0.25) is 47.5 Å². The van der Waals surface area contributed by atoms with Gasteiger partial charge in [0.1, 0.15) is 45.8 Å². The van der Waals surface area contributed by atoms with Crippen LogP contribution in [0, 0.1) is 44.9 Å². The lowest BCUT2D eigenvalue weighted by Crippen LogP contribution is -2.29. The van der Waals surface area contributed by atoms with Crippen LogP contribution in [0.3, 0.4) is 0 Å². The summed E-state index contributed by atoms with van der Waals surface area (Å²) in [7, 11) is 0. The first-order valence-electron chi connectivity index (χ1n) is 29.6. The molecule has 8 aromatic heterocycles. The molecule has 536 valence electrons. The summed E-state index contributed by atoms with van der Waals surface area (Å²) in [5.74, 6) is -7.99. The van der Waals surface area contributed by atoms with Gasteiger partial charge in [0.05, 0.1) is 91.0 Å². The molecule has 0 radical (unpaired) electrons. The third kappa shape index (κ3) is 17.2. The van der Waals surface area contributed by atoms with Gasteiger partial charge in [-0.15, -0.1) is 0 Å². The summed E-state index contributed by atoms with van der Waals surface area (Å²) in [4.78, 5) is 131. The van der Waals surface area contributed by atoms with Gasteiger partial charge in [-0.05, 0) is 132 Å². The van der Waals surface area contributed by atoms with Crippen LogP contribution in [0.15, 0.2) is 126 Å². The Balaban J connectivity index is 0.000000343. The van der Waals surface area contributed by atoms with Crippen LogP contribution in [0.5, 0.6) is 0 Å². The minimum Gasteiger partial charge on any atom is -0.477 e. The van der Waals surface area contributed by atoms with E-state index in [4.69, 9.17) is 39.4 Å². The number of aromatic nitrogens is 6. The lowest BCUT2D eigenvalue weighted by molar-refractivity contribution is -0.161. The molecule has 29 heteroatoms. The van der Waals surface area contributed by atoms with E-state index in [9.17, 15) is 61.8 Å². The van der Waals surface area contributed by atoms with Crippen LogP contribution in [-0.4, -0.2) is 82.0 Å². The number of ether oxygens (including phenoxy) is 5. The van der Waals surface area contributed by atoms with E-state index in [0.717, 1.165) is 54.9 Å². The molecule has 3 N–H and O–H groups in total. The van der Waals surface area contributed by atoms with Crippen molar-refractivity contribution in [3.8, 4) is 22.3 Å². The van der Waals surface area contributed by atoms with E-state index in [1.165, 1.54) is 61.3 Å². The maximum absolute atomic E-state index is 15.9. The highest BCUT2D eigenvalue weighted by Crippen LogP contribution is 2.43. The number of alkyl halides is 1. The van der Waals surface area contributed by atoms with Crippen molar-refractivity contribution in [3.63, 3.8) is 0 Å². The van der Waals surface area contributed by atoms with Crippen LogP contribution in [-0.2, 0) is 69.4 Å². The normalized spacial score (nSPS) is 11.5. The number of furan rings is 2. The average molecular weight is 1420 g/mol. The fourth-order valence-corrected chi connectivity index (χ4v) is 9.79. The zero-order valence-electron chi connectivity index (χ0n) is 54.5. The second-order valence-electron chi connectivity index (χ2n) is 26.1. The number of pyridine rings is 4. The molecule has 0 spiro atoms. The van der Waals surface area contributed by atoms with Crippen LogP contribution in [0.2, 0.25) is 0 Å². The van der Waals surface area contributed by atoms with Crippen molar-refractivity contribution >= 4 is 91.2 Å². The summed E-state index contributed by atoms with van der Waals surface area (Å²) in [6, 6.07) is 12.5. The molecule has 10 rings (SSSR count). The zero-order chi connectivity index (χ0) is 71.6. The highest BCUT2D eigenvalue weighted by atomic mass is 35.5. The number of carboxylic acid groups (broad SMARTS) is 1. The molecule has 0 amide bonds. The number of aromatic carboxylic acids is 1. The van der Waals surface area contributed by atoms with E-state index >= 15 is 8.78 Å². The van der Waals surface area contributed by atoms with Crippen molar-refractivity contribution in [1.82, 2.24) is 28.2 Å². The van der Waals surface area contributed by atoms with E-state index < -0.39 is 136 Å². The van der Waals surface area contributed by atoms with Gasteiger partial charge in [-0.2, -0.15) is 0 Å². The van der Waals surface area contributed by atoms with Crippen LogP contribution in [0.4, 0.5) is 17.6 Å². The number of benzene rings is 2. The molecule has 0 aliphatic carbocycles. The number of halogens is 5. The predicted molar refractivity (Wildman–Crippen MR) is 365 cm³/mol. The molecule has 100 heavy (non-hydrogen) atoms. The first kappa shape index (κ1) is 79.9. The van der Waals surface area contributed by atoms with Gasteiger partial charge in [0.15, 0.2) is 19.5 Å². The third-order valence-corrected chi connectivity index (χ3v) is 14.8. The van der Waals surface area contributed by atoms with Crippen molar-refractivity contribution in [2.24, 2.45) is 21.7 Å².